The number of carboxylic acids is 1. The minimum absolute atomic E-state index is 0.102. The van der Waals surface area contributed by atoms with Crippen LogP contribution in [0.15, 0.2) is 34.8 Å². The van der Waals surface area contributed by atoms with Gasteiger partial charge in [-0.1, -0.05) is 30.1 Å². The fraction of sp³-hybridized carbons (Fsp3) is 0.176. The van der Waals surface area contributed by atoms with Gasteiger partial charge in [0.1, 0.15) is 5.75 Å². The molecule has 0 aliphatic carbocycles. The molecule has 0 bridgehead atoms. The van der Waals surface area contributed by atoms with Crippen LogP contribution >= 0.6 is 39.1 Å². The third-order valence-corrected chi connectivity index (χ3v) is 4.39. The summed E-state index contributed by atoms with van der Waals surface area (Å²) in [6.45, 7) is 1.76. The molecule has 0 aliphatic heterocycles. The van der Waals surface area contributed by atoms with E-state index < -0.39 is 5.97 Å². The minimum Gasteiger partial charge on any atom is -0.481 e. The Balaban J connectivity index is 2.23. The molecule has 8 heteroatoms. The van der Waals surface area contributed by atoms with Crippen LogP contribution in [-0.4, -0.2) is 17.0 Å². The van der Waals surface area contributed by atoms with Crippen LogP contribution in [0.25, 0.3) is 0 Å². The van der Waals surface area contributed by atoms with E-state index in [1.165, 1.54) is 12.1 Å². The number of rotatable bonds is 6. The molecule has 0 heterocycles. The van der Waals surface area contributed by atoms with Gasteiger partial charge in [-0.25, -0.2) is 0 Å². The van der Waals surface area contributed by atoms with Crippen molar-refractivity contribution in [3.8, 4) is 11.5 Å². The van der Waals surface area contributed by atoms with E-state index in [1.807, 2.05) is 0 Å². The Morgan fingerprint density at radius 3 is 2.36 bits per heavy atom. The van der Waals surface area contributed by atoms with Crippen molar-refractivity contribution < 1.29 is 19.4 Å². The van der Waals surface area contributed by atoms with Crippen molar-refractivity contribution in [1.29, 1.82) is 0 Å². The summed E-state index contributed by atoms with van der Waals surface area (Å²) in [6, 6.07) is 8.02. The maximum absolute atomic E-state index is 11.5. The number of ether oxygens (including phenoxy) is 1. The average molecular weight is 447 g/mol. The molecule has 0 fully saturated rings. The molecule has 0 aromatic heterocycles. The molecule has 25 heavy (non-hydrogen) atoms. The molecule has 2 aromatic rings. The SMILES string of the molecule is CCC(=O)Nc1ccc(Oc2c(Cl)cc(CC(=O)O)cc2Cl)cc1Br. The predicted molar refractivity (Wildman–Crippen MR) is 101 cm³/mol. The third kappa shape index (κ3) is 5.36. The van der Waals surface area contributed by atoms with Gasteiger partial charge < -0.3 is 15.2 Å². The highest BCUT2D eigenvalue weighted by molar-refractivity contribution is 9.10. The normalized spacial score (nSPS) is 10.4. The molecule has 0 unspecified atom stereocenters. The molecule has 0 aliphatic rings. The Hall–Kier alpha value is -1.76. The lowest BCUT2D eigenvalue weighted by Gasteiger charge is -2.13. The minimum atomic E-state index is -0.977. The fourth-order valence-electron chi connectivity index (χ4n) is 2.00. The largest absolute Gasteiger partial charge is 0.481 e. The van der Waals surface area contributed by atoms with E-state index in [0.29, 0.717) is 27.9 Å². The van der Waals surface area contributed by atoms with Crippen LogP contribution in [0.2, 0.25) is 10.0 Å². The van der Waals surface area contributed by atoms with Gasteiger partial charge in [-0.2, -0.15) is 0 Å². The summed E-state index contributed by atoms with van der Waals surface area (Å²) < 4.78 is 6.35. The monoisotopic (exact) mass is 445 g/mol. The highest BCUT2D eigenvalue weighted by Gasteiger charge is 2.14. The van der Waals surface area contributed by atoms with Gasteiger partial charge in [0.15, 0.2) is 5.75 Å². The maximum Gasteiger partial charge on any atom is 0.307 e. The molecule has 0 saturated carbocycles. The lowest BCUT2D eigenvalue weighted by Crippen LogP contribution is -2.09. The van der Waals surface area contributed by atoms with Gasteiger partial charge in [0.05, 0.1) is 22.2 Å². The van der Waals surface area contributed by atoms with Gasteiger partial charge in [-0.05, 0) is 51.8 Å². The summed E-state index contributed by atoms with van der Waals surface area (Å²) in [7, 11) is 0. The molecular formula is C17H14BrCl2NO4. The third-order valence-electron chi connectivity index (χ3n) is 3.17. The van der Waals surface area contributed by atoms with Crippen LogP contribution in [-0.2, 0) is 16.0 Å². The van der Waals surface area contributed by atoms with E-state index in [-0.39, 0.29) is 28.1 Å². The number of halogens is 3. The molecular weight excluding hydrogens is 433 g/mol. The first kappa shape index (κ1) is 19.6. The zero-order chi connectivity index (χ0) is 18.6. The number of benzene rings is 2. The van der Waals surface area contributed by atoms with Crippen LogP contribution in [0.1, 0.15) is 18.9 Å². The lowest BCUT2D eigenvalue weighted by atomic mass is 10.1. The Morgan fingerprint density at radius 2 is 1.84 bits per heavy atom. The van der Waals surface area contributed by atoms with E-state index in [1.54, 1.807) is 25.1 Å². The van der Waals surface area contributed by atoms with Crippen molar-refractivity contribution in [2.24, 2.45) is 0 Å². The van der Waals surface area contributed by atoms with Crippen molar-refractivity contribution in [2.45, 2.75) is 19.8 Å². The van der Waals surface area contributed by atoms with Gasteiger partial charge in [0.25, 0.3) is 0 Å². The summed E-state index contributed by atoms with van der Waals surface area (Å²) in [6.07, 6.45) is 0.190. The van der Waals surface area contributed by atoms with E-state index in [4.69, 9.17) is 33.0 Å². The first-order valence-electron chi connectivity index (χ1n) is 7.27. The Labute approximate surface area is 163 Å². The lowest BCUT2D eigenvalue weighted by molar-refractivity contribution is -0.136. The predicted octanol–water partition coefficient (Wildman–Crippen LogP) is 5.52. The van der Waals surface area contributed by atoms with E-state index in [0.717, 1.165) is 0 Å². The van der Waals surface area contributed by atoms with Gasteiger partial charge >= 0.3 is 5.97 Å². The van der Waals surface area contributed by atoms with Crippen molar-refractivity contribution >= 4 is 56.7 Å². The molecule has 0 saturated heterocycles. The van der Waals surface area contributed by atoms with Gasteiger partial charge in [0.2, 0.25) is 5.91 Å². The first-order chi connectivity index (χ1) is 11.8. The number of amides is 1. The average Bonchev–Trinajstić information content (AvgIpc) is 2.52. The summed E-state index contributed by atoms with van der Waals surface area (Å²) in [5, 5.41) is 12.0. The maximum atomic E-state index is 11.5. The van der Waals surface area contributed by atoms with Crippen LogP contribution in [0.3, 0.4) is 0 Å². The highest BCUT2D eigenvalue weighted by atomic mass is 79.9. The summed E-state index contributed by atoms with van der Waals surface area (Å²) in [5.41, 5.74) is 1.10. The zero-order valence-electron chi connectivity index (χ0n) is 13.1. The number of carbonyl (C=O) groups excluding carboxylic acids is 1. The second-order valence-electron chi connectivity index (χ2n) is 5.10. The molecule has 2 aromatic carbocycles. The topological polar surface area (TPSA) is 75.6 Å². The molecule has 132 valence electrons. The van der Waals surface area contributed by atoms with Crippen molar-refractivity contribution in [3.05, 3.63) is 50.4 Å². The molecule has 0 spiro atoms. The number of anilines is 1. The van der Waals surface area contributed by atoms with Crippen LogP contribution in [0, 0.1) is 0 Å². The number of nitrogens with one attached hydrogen (secondary N) is 1. The quantitative estimate of drug-likeness (QED) is 0.612. The second kappa shape index (κ2) is 8.56. The first-order valence-corrected chi connectivity index (χ1v) is 8.82. The van der Waals surface area contributed by atoms with Crippen molar-refractivity contribution in [1.82, 2.24) is 0 Å². The standard InChI is InChI=1S/C17H14BrCl2NO4/c1-2-15(22)21-14-4-3-10(8-11(14)18)25-17-12(19)5-9(6-13(17)20)7-16(23)24/h3-6,8H,2,7H2,1H3,(H,21,22)(H,23,24). The highest BCUT2D eigenvalue weighted by Crippen LogP contribution is 2.39. The van der Waals surface area contributed by atoms with E-state index in [2.05, 4.69) is 21.2 Å². The van der Waals surface area contributed by atoms with Gasteiger partial charge in [-0.15, -0.1) is 0 Å². The summed E-state index contributed by atoms with van der Waals surface area (Å²) >= 11 is 15.7. The van der Waals surface area contributed by atoms with E-state index >= 15 is 0 Å². The second-order valence-corrected chi connectivity index (χ2v) is 6.77. The smallest absolute Gasteiger partial charge is 0.307 e. The Bertz CT molecular complexity index is 803. The van der Waals surface area contributed by atoms with Crippen molar-refractivity contribution in [2.75, 3.05) is 5.32 Å². The zero-order valence-corrected chi connectivity index (χ0v) is 16.2. The number of hydrogen-bond donors (Lipinski definition) is 2. The van der Waals surface area contributed by atoms with Gasteiger partial charge in [0, 0.05) is 10.9 Å². The molecule has 1 amide bonds. The molecule has 0 atom stereocenters. The summed E-state index contributed by atoms with van der Waals surface area (Å²) in [5.74, 6) is -0.394. The fourth-order valence-corrected chi connectivity index (χ4v) is 3.07. The van der Waals surface area contributed by atoms with Crippen molar-refractivity contribution in [3.63, 3.8) is 0 Å². The Kier molecular flexibility index (Phi) is 6.70. The van der Waals surface area contributed by atoms with Crippen LogP contribution in [0.5, 0.6) is 11.5 Å². The Morgan fingerprint density at radius 1 is 1.20 bits per heavy atom. The molecule has 2 N–H and O–H groups in total. The van der Waals surface area contributed by atoms with Crippen LogP contribution in [0.4, 0.5) is 5.69 Å². The molecule has 0 radical (unpaired) electrons. The number of carbonyl (C=O) groups is 2. The molecule has 2 rings (SSSR count). The number of hydrogen-bond acceptors (Lipinski definition) is 3. The number of carboxylic acid groups (broad SMARTS) is 1. The molecule has 5 nitrogen and oxygen atoms in total. The summed E-state index contributed by atoms with van der Waals surface area (Å²) in [4.78, 5) is 22.2. The number of aliphatic carboxylic acids is 1. The van der Waals surface area contributed by atoms with E-state index in [9.17, 15) is 9.59 Å². The van der Waals surface area contributed by atoms with Gasteiger partial charge in [-0.3, -0.25) is 9.59 Å². The van der Waals surface area contributed by atoms with Crippen LogP contribution < -0.4 is 10.1 Å².